The summed E-state index contributed by atoms with van der Waals surface area (Å²) in [6.07, 6.45) is 0.576. The Morgan fingerprint density at radius 2 is 2.10 bits per heavy atom. The van der Waals surface area contributed by atoms with Gasteiger partial charge in [0.2, 0.25) is 0 Å². The van der Waals surface area contributed by atoms with Gasteiger partial charge in [0.15, 0.2) is 0 Å². The van der Waals surface area contributed by atoms with Crippen molar-refractivity contribution in [3.8, 4) is 0 Å². The monoisotopic (exact) mass is 295 g/mol. The highest BCUT2D eigenvalue weighted by Crippen LogP contribution is 2.29. The largest absolute Gasteiger partial charge is 0.394 e. The zero-order valence-electron chi connectivity index (χ0n) is 12.7. The maximum atomic E-state index is 12.0. The predicted octanol–water partition coefficient (Wildman–Crippen LogP) is 1.87. The first-order valence-electron chi connectivity index (χ1n) is 6.63. The summed E-state index contributed by atoms with van der Waals surface area (Å²) >= 11 is 0. The molecule has 21 heavy (non-hydrogen) atoms. The molecule has 0 radical (unpaired) electrons. The molecule has 1 amide bonds. The average molecular weight is 295 g/mol. The Morgan fingerprint density at radius 3 is 2.52 bits per heavy atom. The van der Waals surface area contributed by atoms with E-state index in [1.54, 1.807) is 21.0 Å². The highest BCUT2D eigenvalue weighted by molar-refractivity contribution is 5.95. The summed E-state index contributed by atoms with van der Waals surface area (Å²) in [7, 11) is 3.22. The van der Waals surface area contributed by atoms with Crippen molar-refractivity contribution in [2.45, 2.75) is 25.8 Å². The Balaban J connectivity index is 3.28. The molecule has 0 aromatic heterocycles. The lowest BCUT2D eigenvalue weighted by Crippen LogP contribution is -2.38. The second kappa shape index (κ2) is 6.53. The van der Waals surface area contributed by atoms with E-state index in [1.807, 2.05) is 6.92 Å². The Labute approximate surface area is 123 Å². The number of rotatable bonds is 6. The number of aliphatic hydroxyl groups excluding tert-OH is 1. The van der Waals surface area contributed by atoms with Crippen LogP contribution < -0.4 is 5.32 Å². The zero-order valence-corrected chi connectivity index (χ0v) is 12.7. The van der Waals surface area contributed by atoms with Crippen molar-refractivity contribution in [1.29, 1.82) is 0 Å². The molecular formula is C14H21N3O4. The number of amides is 1. The van der Waals surface area contributed by atoms with Crippen LogP contribution in [0.3, 0.4) is 0 Å². The van der Waals surface area contributed by atoms with Gasteiger partial charge in [-0.25, -0.2) is 0 Å². The number of nitrogens with one attached hydrogen (secondary N) is 1. The smallest absolute Gasteiger partial charge is 0.292 e. The van der Waals surface area contributed by atoms with Crippen molar-refractivity contribution in [2.75, 3.05) is 26.0 Å². The Bertz CT molecular complexity index is 539. The van der Waals surface area contributed by atoms with Crippen LogP contribution in [0, 0.1) is 10.1 Å². The number of anilines is 1. The third kappa shape index (κ3) is 3.91. The number of aliphatic hydroxyl groups is 1. The van der Waals surface area contributed by atoms with Crippen LogP contribution in [0.4, 0.5) is 11.4 Å². The fourth-order valence-electron chi connectivity index (χ4n) is 1.75. The van der Waals surface area contributed by atoms with Crippen LogP contribution in [-0.2, 0) is 0 Å². The lowest BCUT2D eigenvalue weighted by Gasteiger charge is -2.28. The van der Waals surface area contributed by atoms with Crippen LogP contribution in [0.1, 0.15) is 30.6 Å². The van der Waals surface area contributed by atoms with Gasteiger partial charge in [-0.15, -0.1) is 0 Å². The number of nitro benzene ring substituents is 1. The summed E-state index contributed by atoms with van der Waals surface area (Å²) < 4.78 is 0. The summed E-state index contributed by atoms with van der Waals surface area (Å²) in [6, 6.07) is 4.17. The minimum Gasteiger partial charge on any atom is -0.394 e. The number of nitrogens with zero attached hydrogens (tertiary/aromatic N) is 2. The van der Waals surface area contributed by atoms with Crippen molar-refractivity contribution in [1.82, 2.24) is 4.90 Å². The Hall–Kier alpha value is -2.15. The van der Waals surface area contributed by atoms with Gasteiger partial charge in [0.1, 0.15) is 5.69 Å². The summed E-state index contributed by atoms with van der Waals surface area (Å²) in [5.74, 6) is -0.241. The molecule has 1 aromatic rings. The summed E-state index contributed by atoms with van der Waals surface area (Å²) in [6.45, 7) is 3.45. The van der Waals surface area contributed by atoms with E-state index in [0.29, 0.717) is 12.0 Å². The molecule has 1 aromatic carbocycles. The van der Waals surface area contributed by atoms with E-state index in [9.17, 15) is 20.0 Å². The third-order valence-corrected chi connectivity index (χ3v) is 3.41. The predicted molar refractivity (Wildman–Crippen MR) is 80.5 cm³/mol. The molecule has 0 fully saturated rings. The Kier molecular flexibility index (Phi) is 5.26. The molecule has 0 aliphatic carbocycles. The fraction of sp³-hybridized carbons (Fsp3) is 0.500. The molecule has 0 saturated heterocycles. The Morgan fingerprint density at radius 1 is 1.48 bits per heavy atom. The SMILES string of the molecule is CCC(C)(CO)Nc1cc(C(=O)N(C)C)ccc1[N+](=O)[O-]. The van der Waals surface area contributed by atoms with E-state index in [0.717, 1.165) is 0 Å². The molecule has 0 bridgehead atoms. The molecule has 1 unspecified atom stereocenters. The zero-order chi connectivity index (χ0) is 16.2. The first kappa shape index (κ1) is 16.9. The molecule has 2 N–H and O–H groups in total. The van der Waals surface area contributed by atoms with E-state index in [1.165, 1.54) is 23.1 Å². The van der Waals surface area contributed by atoms with Gasteiger partial charge in [-0.3, -0.25) is 14.9 Å². The van der Waals surface area contributed by atoms with Gasteiger partial charge >= 0.3 is 0 Å². The maximum Gasteiger partial charge on any atom is 0.292 e. The number of carbonyl (C=O) groups excluding carboxylic acids is 1. The van der Waals surface area contributed by atoms with E-state index in [-0.39, 0.29) is 23.9 Å². The quantitative estimate of drug-likeness (QED) is 0.617. The molecule has 0 aliphatic rings. The second-order valence-corrected chi connectivity index (χ2v) is 5.39. The van der Waals surface area contributed by atoms with Crippen LogP contribution in [0.25, 0.3) is 0 Å². The topological polar surface area (TPSA) is 95.7 Å². The molecule has 0 aliphatic heterocycles. The van der Waals surface area contributed by atoms with Crippen molar-refractivity contribution in [2.24, 2.45) is 0 Å². The minimum absolute atomic E-state index is 0.126. The van der Waals surface area contributed by atoms with Gasteiger partial charge in [-0.2, -0.15) is 0 Å². The number of benzene rings is 1. The van der Waals surface area contributed by atoms with Crippen molar-refractivity contribution in [3.63, 3.8) is 0 Å². The van der Waals surface area contributed by atoms with Gasteiger partial charge < -0.3 is 15.3 Å². The van der Waals surface area contributed by atoms with Crippen molar-refractivity contribution >= 4 is 17.3 Å². The number of carbonyl (C=O) groups is 1. The highest BCUT2D eigenvalue weighted by Gasteiger charge is 2.26. The normalized spacial score (nSPS) is 13.4. The average Bonchev–Trinajstić information content (AvgIpc) is 2.45. The van der Waals surface area contributed by atoms with Crippen LogP contribution in [0.2, 0.25) is 0 Å². The van der Waals surface area contributed by atoms with Gasteiger partial charge in [0.25, 0.3) is 11.6 Å². The lowest BCUT2D eigenvalue weighted by molar-refractivity contribution is -0.384. The number of hydrogen-bond donors (Lipinski definition) is 2. The molecule has 0 spiro atoms. The lowest BCUT2D eigenvalue weighted by atomic mass is 9.99. The molecule has 7 heteroatoms. The first-order chi connectivity index (χ1) is 9.74. The van der Waals surface area contributed by atoms with Gasteiger partial charge in [0, 0.05) is 25.7 Å². The van der Waals surface area contributed by atoms with Gasteiger partial charge in [-0.05, 0) is 25.5 Å². The minimum atomic E-state index is -0.690. The van der Waals surface area contributed by atoms with Crippen LogP contribution >= 0.6 is 0 Å². The van der Waals surface area contributed by atoms with E-state index in [2.05, 4.69) is 5.32 Å². The van der Waals surface area contributed by atoms with Gasteiger partial charge in [0.05, 0.1) is 17.1 Å². The standard InChI is InChI=1S/C14H21N3O4/c1-5-14(2,9-18)15-11-8-10(13(19)16(3)4)6-7-12(11)17(20)21/h6-8,15,18H,5,9H2,1-4H3. The van der Waals surface area contributed by atoms with Crippen LogP contribution in [0.5, 0.6) is 0 Å². The van der Waals surface area contributed by atoms with Crippen molar-refractivity contribution < 1.29 is 14.8 Å². The highest BCUT2D eigenvalue weighted by atomic mass is 16.6. The molecule has 1 atom stereocenters. The summed E-state index contributed by atoms with van der Waals surface area (Å²) in [5.41, 5.74) is -0.237. The molecule has 0 heterocycles. The second-order valence-electron chi connectivity index (χ2n) is 5.39. The van der Waals surface area contributed by atoms with E-state index < -0.39 is 10.5 Å². The maximum absolute atomic E-state index is 12.0. The van der Waals surface area contributed by atoms with Gasteiger partial charge in [-0.1, -0.05) is 6.92 Å². The number of nitro groups is 1. The van der Waals surface area contributed by atoms with Crippen molar-refractivity contribution in [3.05, 3.63) is 33.9 Å². The van der Waals surface area contributed by atoms with Crippen LogP contribution in [-0.4, -0.2) is 47.1 Å². The first-order valence-corrected chi connectivity index (χ1v) is 6.63. The molecular weight excluding hydrogens is 274 g/mol. The van der Waals surface area contributed by atoms with Crippen LogP contribution in [0.15, 0.2) is 18.2 Å². The third-order valence-electron chi connectivity index (χ3n) is 3.41. The molecule has 0 saturated carbocycles. The summed E-state index contributed by atoms with van der Waals surface area (Å²) in [5, 5.41) is 23.5. The fourth-order valence-corrected chi connectivity index (χ4v) is 1.75. The van der Waals surface area contributed by atoms with E-state index in [4.69, 9.17) is 0 Å². The summed E-state index contributed by atoms with van der Waals surface area (Å²) in [4.78, 5) is 24.0. The molecule has 116 valence electrons. The molecule has 7 nitrogen and oxygen atoms in total. The van der Waals surface area contributed by atoms with E-state index >= 15 is 0 Å². The molecule has 1 rings (SSSR count). The number of hydrogen-bond acceptors (Lipinski definition) is 5.